The van der Waals surface area contributed by atoms with Gasteiger partial charge in [0, 0.05) is 12.2 Å². The Morgan fingerprint density at radius 3 is 1.50 bits per heavy atom. The second-order valence-electron chi connectivity index (χ2n) is 4.07. The number of alkyl halides is 9. The number of hydrogen-bond acceptors (Lipinski definition) is 3. The Bertz CT molecular complexity index is 460. The van der Waals surface area contributed by atoms with Gasteiger partial charge in [0.25, 0.3) is 0 Å². The monoisotopic (exact) mass is 378 g/mol. The predicted octanol–water partition coefficient (Wildman–Crippen LogP) is 0.174. The minimum Gasteiger partial charge on any atom is -0.748 e. The molecular formula is C8H8F9NaO3S. The minimum atomic E-state index is -6.96. The quantitative estimate of drug-likeness (QED) is 0.275. The molecule has 0 N–H and O–H groups in total. The summed E-state index contributed by atoms with van der Waals surface area (Å²) in [5.74, 6) is -20.6. The summed E-state index contributed by atoms with van der Waals surface area (Å²) in [6, 6.07) is 0. The zero-order valence-corrected chi connectivity index (χ0v) is 13.7. The van der Waals surface area contributed by atoms with Gasteiger partial charge in [-0.3, -0.25) is 0 Å². The van der Waals surface area contributed by atoms with Crippen LogP contribution < -0.4 is 29.6 Å². The maximum absolute atomic E-state index is 12.9. The van der Waals surface area contributed by atoms with Crippen molar-refractivity contribution in [1.82, 2.24) is 0 Å². The summed E-state index contributed by atoms with van der Waals surface area (Å²) in [7, 11) is -4.84. The van der Waals surface area contributed by atoms with Gasteiger partial charge in [-0.15, -0.1) is 0 Å². The molecule has 14 heteroatoms. The molecule has 3 nitrogen and oxygen atoms in total. The molecule has 128 valence electrons. The molecule has 22 heavy (non-hydrogen) atoms. The molecular weight excluding hydrogens is 370 g/mol. The first-order chi connectivity index (χ1) is 8.96. The van der Waals surface area contributed by atoms with Crippen molar-refractivity contribution in [3.8, 4) is 0 Å². The Morgan fingerprint density at radius 1 is 0.773 bits per heavy atom. The summed E-state index contributed by atoms with van der Waals surface area (Å²) >= 11 is 0. The minimum absolute atomic E-state index is 0. The van der Waals surface area contributed by atoms with Gasteiger partial charge in [-0.25, -0.2) is 8.42 Å². The van der Waals surface area contributed by atoms with E-state index in [-0.39, 0.29) is 29.6 Å². The van der Waals surface area contributed by atoms with Crippen LogP contribution in [0.15, 0.2) is 0 Å². The van der Waals surface area contributed by atoms with Gasteiger partial charge < -0.3 is 4.55 Å². The van der Waals surface area contributed by atoms with Crippen LogP contribution in [-0.2, 0) is 10.1 Å². The third-order valence-corrected chi connectivity index (χ3v) is 3.13. The van der Waals surface area contributed by atoms with Gasteiger partial charge >= 0.3 is 53.5 Å². The Kier molecular flexibility index (Phi) is 8.30. The zero-order chi connectivity index (χ0) is 17.3. The van der Waals surface area contributed by atoms with E-state index in [2.05, 4.69) is 0 Å². The molecule has 0 fully saturated rings. The molecule has 0 aromatic carbocycles. The van der Waals surface area contributed by atoms with Crippen molar-refractivity contribution in [2.24, 2.45) is 0 Å². The summed E-state index contributed by atoms with van der Waals surface area (Å²) in [5.41, 5.74) is 0. The van der Waals surface area contributed by atoms with Crippen molar-refractivity contribution in [2.45, 2.75) is 43.2 Å². The first kappa shape index (κ1) is 24.5. The van der Waals surface area contributed by atoms with Crippen molar-refractivity contribution in [3.05, 3.63) is 0 Å². The van der Waals surface area contributed by atoms with E-state index in [0.717, 1.165) is 0 Å². The van der Waals surface area contributed by atoms with E-state index in [1.165, 1.54) is 0 Å². The maximum Gasteiger partial charge on any atom is 1.00 e. The van der Waals surface area contributed by atoms with Gasteiger partial charge in [-0.2, -0.15) is 39.5 Å². The van der Waals surface area contributed by atoms with Crippen LogP contribution in [0, 0.1) is 0 Å². The molecule has 0 aromatic rings. The Labute approximate surface area is 141 Å². The van der Waals surface area contributed by atoms with E-state index in [4.69, 9.17) is 0 Å². The molecule has 0 rings (SSSR count). The van der Waals surface area contributed by atoms with Crippen LogP contribution in [0.4, 0.5) is 39.5 Å². The van der Waals surface area contributed by atoms with Crippen LogP contribution in [0.1, 0.15) is 19.3 Å². The molecule has 0 aliphatic rings. The molecule has 0 unspecified atom stereocenters. The standard InChI is InChI=1S/C8H9F9O3S.Na/c9-5(10,3-1-2-4-21(18,19)20)6(11,12)7(13,14)8(15,16)17;/h1-4H2,(H,18,19,20);/q;+1/p-1. The molecule has 0 heterocycles. The first-order valence-corrected chi connectivity index (χ1v) is 6.67. The predicted molar refractivity (Wildman–Crippen MR) is 49.3 cm³/mol. The second-order valence-corrected chi connectivity index (χ2v) is 5.59. The van der Waals surface area contributed by atoms with Crippen molar-refractivity contribution < 1.29 is 82.0 Å². The normalized spacial score (nSPS) is 14.6. The number of unbranched alkanes of at least 4 members (excludes halogenated alkanes) is 1. The molecule has 0 saturated heterocycles. The first-order valence-electron chi connectivity index (χ1n) is 5.09. The molecule has 0 amide bonds. The fourth-order valence-corrected chi connectivity index (χ4v) is 1.75. The van der Waals surface area contributed by atoms with Gasteiger partial charge in [0.1, 0.15) is 0 Å². The summed E-state index contributed by atoms with van der Waals surface area (Å²) in [5, 5.41) is 0. The van der Waals surface area contributed by atoms with Crippen molar-refractivity contribution in [2.75, 3.05) is 5.75 Å². The number of rotatable bonds is 7. The summed E-state index contributed by atoms with van der Waals surface area (Å²) in [6.07, 6.45) is -11.1. The summed E-state index contributed by atoms with van der Waals surface area (Å²) < 4.78 is 141. The molecule has 0 radical (unpaired) electrons. The number of halogens is 9. The van der Waals surface area contributed by atoms with E-state index in [0.29, 0.717) is 0 Å². The van der Waals surface area contributed by atoms with E-state index < -0.39 is 59.1 Å². The zero-order valence-electron chi connectivity index (χ0n) is 10.9. The Morgan fingerprint density at radius 2 is 1.18 bits per heavy atom. The van der Waals surface area contributed by atoms with Gasteiger partial charge in [0.2, 0.25) is 0 Å². The van der Waals surface area contributed by atoms with E-state index in [9.17, 15) is 52.5 Å². The summed E-state index contributed by atoms with van der Waals surface area (Å²) in [6.45, 7) is 0. The topological polar surface area (TPSA) is 57.2 Å². The second kappa shape index (κ2) is 7.45. The Hall–Kier alpha value is 0.280. The third kappa shape index (κ3) is 5.73. The SMILES string of the molecule is O=S(=O)([O-])CCCCC(F)(F)C(F)(F)C(F)(F)C(F)(F)F.[Na+]. The van der Waals surface area contributed by atoms with Crippen LogP contribution in [0.25, 0.3) is 0 Å². The molecule has 0 spiro atoms. The van der Waals surface area contributed by atoms with E-state index in [1.807, 2.05) is 0 Å². The maximum atomic E-state index is 12.9. The molecule has 0 bridgehead atoms. The van der Waals surface area contributed by atoms with Crippen molar-refractivity contribution in [3.63, 3.8) is 0 Å². The van der Waals surface area contributed by atoms with Crippen LogP contribution in [0.5, 0.6) is 0 Å². The largest absolute Gasteiger partial charge is 1.00 e. The van der Waals surface area contributed by atoms with Crippen LogP contribution >= 0.6 is 0 Å². The van der Waals surface area contributed by atoms with E-state index >= 15 is 0 Å². The molecule has 0 atom stereocenters. The third-order valence-electron chi connectivity index (χ3n) is 2.34. The molecule has 0 aliphatic carbocycles. The van der Waals surface area contributed by atoms with Crippen LogP contribution in [-0.4, -0.2) is 42.7 Å². The van der Waals surface area contributed by atoms with Crippen LogP contribution in [0.2, 0.25) is 0 Å². The average molecular weight is 378 g/mol. The van der Waals surface area contributed by atoms with E-state index in [1.54, 1.807) is 0 Å². The van der Waals surface area contributed by atoms with Gasteiger partial charge in [0.05, 0.1) is 10.1 Å². The molecule has 0 aromatic heterocycles. The average Bonchev–Trinajstić information content (AvgIpc) is 2.21. The van der Waals surface area contributed by atoms with Gasteiger partial charge in [-0.1, -0.05) is 0 Å². The summed E-state index contributed by atoms with van der Waals surface area (Å²) in [4.78, 5) is 0. The molecule has 0 aliphatic heterocycles. The van der Waals surface area contributed by atoms with Gasteiger partial charge in [-0.05, 0) is 12.8 Å². The molecule has 0 saturated carbocycles. The van der Waals surface area contributed by atoms with Crippen molar-refractivity contribution in [1.29, 1.82) is 0 Å². The smallest absolute Gasteiger partial charge is 0.748 e. The van der Waals surface area contributed by atoms with Crippen molar-refractivity contribution >= 4 is 10.1 Å². The number of hydrogen-bond donors (Lipinski definition) is 0. The Balaban J connectivity index is 0. The fraction of sp³-hybridized carbons (Fsp3) is 1.00. The van der Waals surface area contributed by atoms with Gasteiger partial charge in [0.15, 0.2) is 0 Å². The van der Waals surface area contributed by atoms with Crippen LogP contribution in [0.3, 0.4) is 0 Å². The fourth-order valence-electron chi connectivity index (χ4n) is 1.19.